The number of phenols is 1. The third-order valence-corrected chi connectivity index (χ3v) is 7.72. The Balaban J connectivity index is 1.52. The molecule has 6 rings (SSSR count). The molecule has 0 bridgehead atoms. The van der Waals surface area contributed by atoms with Gasteiger partial charge in [-0.1, -0.05) is 0 Å². The first-order valence-electron chi connectivity index (χ1n) is 10.9. The molecule has 1 aromatic rings. The number of phenolic OH excluding ortho intramolecular Hbond substituents is 1. The molecule has 6 N–H and O–H groups in total. The lowest BCUT2D eigenvalue weighted by Gasteiger charge is -2.39. The SMILES string of the molecule is NC(=O)C1=C(O)[C@@]23OC2=C2C(=O)c4c(O)ccc(N5CCCC5)c4CC2C[C@H]3C(N)C1=O. The van der Waals surface area contributed by atoms with E-state index in [0.717, 1.165) is 37.2 Å². The molecule has 2 heterocycles. The topological polar surface area (TPSA) is 159 Å². The Morgan fingerprint density at radius 3 is 2.59 bits per heavy atom. The lowest BCUT2D eigenvalue weighted by molar-refractivity contribution is -0.124. The molecule has 9 nitrogen and oxygen atoms in total. The van der Waals surface area contributed by atoms with Gasteiger partial charge in [0.25, 0.3) is 5.91 Å². The monoisotopic (exact) mass is 437 g/mol. The minimum Gasteiger partial charge on any atom is -0.507 e. The van der Waals surface area contributed by atoms with Gasteiger partial charge in [0, 0.05) is 30.3 Å². The molecule has 1 spiro atoms. The Hall–Kier alpha value is -3.33. The number of aliphatic hydroxyl groups excluding tert-OH is 1. The van der Waals surface area contributed by atoms with Crippen LogP contribution >= 0.6 is 0 Å². The second-order valence-corrected chi connectivity index (χ2v) is 9.28. The first kappa shape index (κ1) is 19.4. The highest BCUT2D eigenvalue weighted by Gasteiger charge is 2.73. The minimum atomic E-state index is -1.46. The fraction of sp³-hybridized carbons (Fsp3) is 0.435. The second kappa shape index (κ2) is 6.13. The molecule has 2 aliphatic heterocycles. The van der Waals surface area contributed by atoms with Crippen LogP contribution < -0.4 is 16.4 Å². The van der Waals surface area contributed by atoms with Crippen LogP contribution in [0.25, 0.3) is 0 Å². The molecule has 5 aliphatic rings. The van der Waals surface area contributed by atoms with E-state index in [1.54, 1.807) is 6.07 Å². The van der Waals surface area contributed by atoms with E-state index in [2.05, 4.69) is 4.90 Å². The van der Waals surface area contributed by atoms with Gasteiger partial charge in [-0.05, 0) is 49.3 Å². The number of aromatic hydroxyl groups is 1. The number of nitrogens with two attached hydrogens (primary N) is 2. The molecule has 3 aliphatic carbocycles. The van der Waals surface area contributed by atoms with Gasteiger partial charge in [-0.2, -0.15) is 0 Å². The highest BCUT2D eigenvalue weighted by Crippen LogP contribution is 2.64. The van der Waals surface area contributed by atoms with Crippen molar-refractivity contribution in [3.05, 3.63) is 45.9 Å². The van der Waals surface area contributed by atoms with E-state index in [1.807, 2.05) is 6.07 Å². The van der Waals surface area contributed by atoms with Crippen molar-refractivity contribution in [3.8, 4) is 5.75 Å². The van der Waals surface area contributed by atoms with Crippen LogP contribution in [0.5, 0.6) is 5.75 Å². The number of aliphatic hydroxyl groups is 1. The number of nitrogens with zero attached hydrogens (tertiary/aromatic N) is 1. The molecule has 9 heteroatoms. The van der Waals surface area contributed by atoms with Gasteiger partial charge in [-0.3, -0.25) is 14.4 Å². The number of carbonyl (C=O) groups excluding carboxylic acids is 3. The Morgan fingerprint density at radius 2 is 1.91 bits per heavy atom. The van der Waals surface area contributed by atoms with Crippen LogP contribution in [-0.2, 0) is 20.7 Å². The molecule has 0 aromatic heterocycles. The summed E-state index contributed by atoms with van der Waals surface area (Å²) < 4.78 is 5.82. The molecule has 1 aromatic carbocycles. The summed E-state index contributed by atoms with van der Waals surface area (Å²) in [6, 6.07) is 2.32. The van der Waals surface area contributed by atoms with Crippen molar-refractivity contribution in [2.24, 2.45) is 23.3 Å². The highest BCUT2D eigenvalue weighted by molar-refractivity contribution is 6.22. The van der Waals surface area contributed by atoms with Gasteiger partial charge in [0.2, 0.25) is 5.60 Å². The smallest absolute Gasteiger partial charge is 0.255 e. The van der Waals surface area contributed by atoms with E-state index < -0.39 is 40.6 Å². The van der Waals surface area contributed by atoms with Crippen LogP contribution in [0.2, 0.25) is 0 Å². The number of amides is 1. The quantitative estimate of drug-likeness (QED) is 0.386. The van der Waals surface area contributed by atoms with E-state index in [1.165, 1.54) is 0 Å². The first-order chi connectivity index (χ1) is 15.3. The van der Waals surface area contributed by atoms with Gasteiger partial charge in [0.1, 0.15) is 11.3 Å². The van der Waals surface area contributed by atoms with E-state index in [4.69, 9.17) is 16.2 Å². The third kappa shape index (κ3) is 2.19. The average molecular weight is 437 g/mol. The number of benzene rings is 1. The predicted molar refractivity (Wildman–Crippen MR) is 112 cm³/mol. The minimum absolute atomic E-state index is 0.0931. The van der Waals surface area contributed by atoms with Crippen molar-refractivity contribution in [2.45, 2.75) is 37.3 Å². The average Bonchev–Trinajstić information content (AvgIpc) is 3.27. The van der Waals surface area contributed by atoms with Gasteiger partial charge in [-0.15, -0.1) is 0 Å². The van der Waals surface area contributed by atoms with Crippen molar-refractivity contribution in [3.63, 3.8) is 0 Å². The van der Waals surface area contributed by atoms with Gasteiger partial charge < -0.3 is 31.3 Å². The lowest BCUT2D eigenvalue weighted by atomic mass is 9.62. The standard InChI is InChI=1S/C23H23N3O6/c24-17-11-8-9-7-10-12(26-5-1-2-6-26)3-4-13(27)15(10)18(28)14(9)21-23(11,32-21)20(30)16(19(17)29)22(25)31/h3-4,9,11,17,27,30H,1-2,5-8,24H2,(H2,25,31)/t9?,11-,17?,23+/m0/s1. The van der Waals surface area contributed by atoms with E-state index in [9.17, 15) is 24.6 Å². The lowest BCUT2D eigenvalue weighted by Crippen LogP contribution is -2.55. The first-order valence-corrected chi connectivity index (χ1v) is 10.9. The Morgan fingerprint density at radius 1 is 1.19 bits per heavy atom. The van der Waals surface area contributed by atoms with Crippen LogP contribution in [-0.4, -0.2) is 52.4 Å². The summed E-state index contributed by atoms with van der Waals surface area (Å²) in [5.74, 6) is -3.42. The number of carbonyl (C=O) groups is 3. The molecular weight excluding hydrogens is 414 g/mol. The summed E-state index contributed by atoms with van der Waals surface area (Å²) in [6.07, 6.45) is 2.98. The summed E-state index contributed by atoms with van der Waals surface area (Å²) >= 11 is 0. The van der Waals surface area contributed by atoms with Crippen molar-refractivity contribution >= 4 is 23.2 Å². The molecule has 166 valence electrons. The van der Waals surface area contributed by atoms with E-state index in [-0.39, 0.29) is 28.8 Å². The molecular formula is C23H23N3O6. The number of allylic oxidation sites excluding steroid dienone is 1. The maximum atomic E-state index is 13.6. The normalized spacial score (nSPS) is 32.8. The summed E-state index contributed by atoms with van der Waals surface area (Å²) in [7, 11) is 0. The zero-order valence-electron chi connectivity index (χ0n) is 17.3. The van der Waals surface area contributed by atoms with Crippen LogP contribution in [0.4, 0.5) is 5.69 Å². The Labute approximate surface area is 183 Å². The predicted octanol–water partition coefficient (Wildman–Crippen LogP) is 0.598. The maximum absolute atomic E-state index is 13.6. The van der Waals surface area contributed by atoms with Gasteiger partial charge in [0.05, 0.1) is 11.6 Å². The number of ether oxygens (including phenoxy) is 1. The summed E-state index contributed by atoms with van der Waals surface area (Å²) in [5.41, 5.74) is 11.9. The van der Waals surface area contributed by atoms with Crippen LogP contribution in [0.1, 0.15) is 35.2 Å². The second-order valence-electron chi connectivity index (χ2n) is 9.28. The zero-order valence-corrected chi connectivity index (χ0v) is 17.3. The molecule has 0 radical (unpaired) electrons. The number of primary amides is 1. The number of anilines is 1. The number of hydrogen-bond donors (Lipinski definition) is 4. The summed E-state index contributed by atoms with van der Waals surface area (Å²) in [6.45, 7) is 1.79. The number of rotatable bonds is 2. The molecule has 1 amide bonds. The van der Waals surface area contributed by atoms with Crippen molar-refractivity contribution in [1.82, 2.24) is 0 Å². The maximum Gasteiger partial charge on any atom is 0.255 e. The van der Waals surface area contributed by atoms with Gasteiger partial charge in [-0.25, -0.2) is 0 Å². The van der Waals surface area contributed by atoms with Crippen molar-refractivity contribution in [1.29, 1.82) is 0 Å². The molecule has 2 fully saturated rings. The van der Waals surface area contributed by atoms with Crippen LogP contribution in [0, 0.1) is 11.8 Å². The van der Waals surface area contributed by atoms with Gasteiger partial charge in [0.15, 0.2) is 23.1 Å². The fourth-order valence-electron chi connectivity index (χ4n) is 6.22. The Bertz CT molecular complexity index is 1190. The number of hydrogen-bond acceptors (Lipinski definition) is 8. The highest BCUT2D eigenvalue weighted by atomic mass is 16.6. The molecule has 0 saturated carbocycles. The van der Waals surface area contributed by atoms with Crippen molar-refractivity contribution < 1.29 is 29.3 Å². The van der Waals surface area contributed by atoms with Gasteiger partial charge >= 0.3 is 0 Å². The zero-order chi connectivity index (χ0) is 22.5. The third-order valence-electron chi connectivity index (χ3n) is 7.72. The summed E-state index contributed by atoms with van der Waals surface area (Å²) in [4.78, 5) is 40.3. The van der Waals surface area contributed by atoms with Crippen LogP contribution in [0.3, 0.4) is 0 Å². The van der Waals surface area contributed by atoms with E-state index in [0.29, 0.717) is 18.4 Å². The number of fused-ring (bicyclic) bond motifs is 2. The van der Waals surface area contributed by atoms with E-state index >= 15 is 0 Å². The van der Waals surface area contributed by atoms with Crippen molar-refractivity contribution in [2.75, 3.05) is 18.0 Å². The van der Waals surface area contributed by atoms with Crippen LogP contribution in [0.15, 0.2) is 34.8 Å². The number of Topliss-reactive ketones (excluding diaryl/α,β-unsaturated/α-hetero) is 2. The fourth-order valence-corrected chi connectivity index (χ4v) is 6.22. The number of ketones is 2. The molecule has 32 heavy (non-hydrogen) atoms. The summed E-state index contributed by atoms with van der Waals surface area (Å²) in [5, 5.41) is 21.4. The number of epoxide rings is 1. The molecule has 2 unspecified atom stereocenters. The Kier molecular flexibility index (Phi) is 3.71. The largest absolute Gasteiger partial charge is 0.507 e. The molecule has 4 atom stereocenters. The molecule has 2 saturated heterocycles.